The lowest BCUT2D eigenvalue weighted by Gasteiger charge is -2.00. The van der Waals surface area contributed by atoms with Crippen molar-refractivity contribution >= 4 is 46.2 Å². The van der Waals surface area contributed by atoms with E-state index in [-0.39, 0.29) is 5.91 Å². The van der Waals surface area contributed by atoms with Gasteiger partial charge >= 0.3 is 0 Å². The van der Waals surface area contributed by atoms with E-state index in [1.54, 1.807) is 6.08 Å². The monoisotopic (exact) mass is 394 g/mol. The summed E-state index contributed by atoms with van der Waals surface area (Å²) >= 11 is 7.47. The third-order valence-electron chi connectivity index (χ3n) is 3.99. The summed E-state index contributed by atoms with van der Waals surface area (Å²) in [5.74, 6) is 1.11. The molecule has 0 atom stereocenters. The highest BCUT2D eigenvalue weighted by atomic mass is 35.5. The van der Waals surface area contributed by atoms with E-state index in [0.29, 0.717) is 26.6 Å². The van der Waals surface area contributed by atoms with Gasteiger partial charge in [-0.2, -0.15) is 0 Å². The molecule has 0 unspecified atom stereocenters. The first-order valence-electron chi connectivity index (χ1n) is 8.29. The van der Waals surface area contributed by atoms with E-state index in [1.165, 1.54) is 11.8 Å². The van der Waals surface area contributed by atoms with Crippen molar-refractivity contribution in [1.29, 1.82) is 0 Å². The summed E-state index contributed by atoms with van der Waals surface area (Å²) in [4.78, 5) is 17.2. The molecule has 4 nitrogen and oxygen atoms in total. The number of carbonyl (C=O) groups excluding carboxylic acids is 1. The van der Waals surface area contributed by atoms with Crippen LogP contribution in [0.1, 0.15) is 11.3 Å². The number of hydrogen-bond donors (Lipinski definition) is 1. The highest BCUT2D eigenvalue weighted by Crippen LogP contribution is 2.31. The molecule has 1 saturated heterocycles. The molecule has 4 rings (SSSR count). The number of amidine groups is 1. The number of rotatable bonds is 3. The van der Waals surface area contributed by atoms with E-state index in [0.717, 1.165) is 16.8 Å². The standard InChI is InChI=1S/C21H15ClN2O2S/c1-13-7-8-14(11-17(13)22)18-10-9-16(26-18)12-19-20(25)24-21(27-19)23-15-5-3-2-4-6-15/h2-12H,1H3,(H,23,24,25)/b19-12-. The van der Waals surface area contributed by atoms with Crippen LogP contribution in [-0.4, -0.2) is 11.1 Å². The second-order valence-electron chi connectivity index (χ2n) is 5.98. The Morgan fingerprint density at radius 2 is 1.93 bits per heavy atom. The fraction of sp³-hybridized carbons (Fsp3) is 0.0476. The SMILES string of the molecule is Cc1ccc(-c2ccc(/C=C3\SC(=Nc4ccccc4)NC3=O)o2)cc1Cl. The number of hydrogen-bond acceptors (Lipinski definition) is 4. The van der Waals surface area contributed by atoms with Gasteiger partial charge in [-0.1, -0.05) is 41.9 Å². The molecule has 2 aromatic carbocycles. The summed E-state index contributed by atoms with van der Waals surface area (Å²) in [7, 11) is 0. The summed E-state index contributed by atoms with van der Waals surface area (Å²) in [6.07, 6.45) is 1.72. The topological polar surface area (TPSA) is 54.6 Å². The average molecular weight is 395 g/mol. The minimum atomic E-state index is -0.189. The molecule has 1 aliphatic heterocycles. The second-order valence-corrected chi connectivity index (χ2v) is 7.42. The highest BCUT2D eigenvalue weighted by Gasteiger charge is 2.24. The number of amides is 1. The fourth-order valence-corrected chi connectivity index (χ4v) is 3.56. The summed E-state index contributed by atoms with van der Waals surface area (Å²) in [5.41, 5.74) is 2.70. The van der Waals surface area contributed by atoms with Crippen molar-refractivity contribution in [3.63, 3.8) is 0 Å². The van der Waals surface area contributed by atoms with E-state index in [1.807, 2.05) is 67.6 Å². The molecule has 6 heteroatoms. The Balaban J connectivity index is 1.55. The van der Waals surface area contributed by atoms with Gasteiger partial charge in [-0.25, -0.2) is 4.99 Å². The molecule has 134 valence electrons. The Hall–Kier alpha value is -2.76. The average Bonchev–Trinajstić information content (AvgIpc) is 3.26. The maximum absolute atomic E-state index is 12.2. The fourth-order valence-electron chi connectivity index (χ4n) is 2.56. The molecule has 1 amide bonds. The number of thioether (sulfide) groups is 1. The van der Waals surface area contributed by atoms with Gasteiger partial charge in [-0.3, -0.25) is 4.79 Å². The molecule has 2 heterocycles. The normalized spacial score (nSPS) is 16.9. The number of halogens is 1. The number of carbonyl (C=O) groups is 1. The molecular formula is C21H15ClN2O2S. The lowest BCUT2D eigenvalue weighted by molar-refractivity contribution is -0.115. The number of nitrogens with zero attached hydrogens (tertiary/aromatic N) is 1. The maximum atomic E-state index is 12.2. The first kappa shape index (κ1) is 17.6. The van der Waals surface area contributed by atoms with E-state index >= 15 is 0 Å². The van der Waals surface area contributed by atoms with Gasteiger partial charge in [0.15, 0.2) is 5.17 Å². The first-order chi connectivity index (χ1) is 13.1. The molecule has 27 heavy (non-hydrogen) atoms. The van der Waals surface area contributed by atoms with Crippen molar-refractivity contribution in [3.05, 3.63) is 81.9 Å². The van der Waals surface area contributed by atoms with E-state index < -0.39 is 0 Å². The molecule has 0 radical (unpaired) electrons. The zero-order chi connectivity index (χ0) is 18.8. The van der Waals surface area contributed by atoms with Gasteiger partial charge in [-0.15, -0.1) is 0 Å². The molecule has 0 spiro atoms. The molecule has 1 N–H and O–H groups in total. The van der Waals surface area contributed by atoms with Gasteiger partial charge in [0.2, 0.25) is 0 Å². The van der Waals surface area contributed by atoms with Crippen LogP contribution in [0, 0.1) is 6.92 Å². The summed E-state index contributed by atoms with van der Waals surface area (Å²) in [5, 5.41) is 4.01. The predicted molar refractivity (Wildman–Crippen MR) is 111 cm³/mol. The summed E-state index contributed by atoms with van der Waals surface area (Å²) < 4.78 is 5.86. The van der Waals surface area contributed by atoms with E-state index in [9.17, 15) is 4.79 Å². The largest absolute Gasteiger partial charge is 0.457 e. The highest BCUT2D eigenvalue weighted by molar-refractivity contribution is 8.18. The number of benzene rings is 2. The summed E-state index contributed by atoms with van der Waals surface area (Å²) in [6, 6.07) is 19.0. The van der Waals surface area contributed by atoms with Crippen LogP contribution < -0.4 is 5.32 Å². The van der Waals surface area contributed by atoms with Crippen LogP contribution in [-0.2, 0) is 4.79 Å². The number of nitrogens with one attached hydrogen (secondary N) is 1. The van der Waals surface area contributed by atoms with Crippen molar-refractivity contribution < 1.29 is 9.21 Å². The van der Waals surface area contributed by atoms with Crippen molar-refractivity contribution in [3.8, 4) is 11.3 Å². The third-order valence-corrected chi connectivity index (χ3v) is 5.31. The molecule has 1 aliphatic rings. The van der Waals surface area contributed by atoms with Crippen LogP contribution in [0.5, 0.6) is 0 Å². The number of furan rings is 1. The number of aryl methyl sites for hydroxylation is 1. The number of aliphatic imine (C=N–C) groups is 1. The molecule has 1 fully saturated rings. The quantitative estimate of drug-likeness (QED) is 0.571. The van der Waals surface area contributed by atoms with Crippen molar-refractivity contribution in [2.45, 2.75) is 6.92 Å². The maximum Gasteiger partial charge on any atom is 0.264 e. The van der Waals surface area contributed by atoms with E-state index in [4.69, 9.17) is 16.0 Å². The Morgan fingerprint density at radius 3 is 2.70 bits per heavy atom. The molecule has 0 bridgehead atoms. The molecule has 3 aromatic rings. The van der Waals surface area contributed by atoms with E-state index in [2.05, 4.69) is 10.3 Å². The van der Waals surface area contributed by atoms with Gasteiger partial charge in [0, 0.05) is 16.7 Å². The molecule has 0 saturated carbocycles. The van der Waals surface area contributed by atoms with Crippen molar-refractivity contribution in [2.75, 3.05) is 0 Å². The first-order valence-corrected chi connectivity index (χ1v) is 9.49. The minimum Gasteiger partial charge on any atom is -0.457 e. The lowest BCUT2D eigenvalue weighted by atomic mass is 10.1. The third kappa shape index (κ3) is 3.99. The molecule has 0 aliphatic carbocycles. The Morgan fingerprint density at radius 1 is 1.11 bits per heavy atom. The van der Waals surface area contributed by atoms with Gasteiger partial charge < -0.3 is 9.73 Å². The smallest absolute Gasteiger partial charge is 0.264 e. The lowest BCUT2D eigenvalue weighted by Crippen LogP contribution is -2.19. The van der Waals surface area contributed by atoms with Gasteiger partial charge in [0.05, 0.1) is 10.6 Å². The number of para-hydroxylation sites is 1. The summed E-state index contributed by atoms with van der Waals surface area (Å²) in [6.45, 7) is 1.95. The van der Waals surface area contributed by atoms with Crippen molar-refractivity contribution in [2.24, 2.45) is 4.99 Å². The van der Waals surface area contributed by atoms with Gasteiger partial charge in [-0.05, 0) is 54.6 Å². The van der Waals surface area contributed by atoms with Crippen LogP contribution >= 0.6 is 23.4 Å². The van der Waals surface area contributed by atoms with Crippen molar-refractivity contribution in [1.82, 2.24) is 5.32 Å². The van der Waals surface area contributed by atoms with Crippen LogP contribution in [0.2, 0.25) is 5.02 Å². The Kier molecular flexibility index (Phi) is 4.88. The Bertz CT molecular complexity index is 1070. The van der Waals surface area contributed by atoms with Crippen LogP contribution in [0.25, 0.3) is 17.4 Å². The minimum absolute atomic E-state index is 0.189. The zero-order valence-electron chi connectivity index (χ0n) is 14.4. The molecule has 1 aromatic heterocycles. The second kappa shape index (κ2) is 7.47. The van der Waals surface area contributed by atoms with Crippen LogP contribution in [0.4, 0.5) is 5.69 Å². The predicted octanol–water partition coefficient (Wildman–Crippen LogP) is 5.80. The van der Waals surface area contributed by atoms with Crippen LogP contribution in [0.3, 0.4) is 0 Å². The van der Waals surface area contributed by atoms with Gasteiger partial charge in [0.1, 0.15) is 11.5 Å². The van der Waals surface area contributed by atoms with Crippen LogP contribution in [0.15, 0.2) is 75.0 Å². The van der Waals surface area contributed by atoms with Gasteiger partial charge in [0.25, 0.3) is 5.91 Å². The Labute approximate surface area is 166 Å². The zero-order valence-corrected chi connectivity index (χ0v) is 16.0. The molecular weight excluding hydrogens is 380 g/mol.